The van der Waals surface area contributed by atoms with Crippen molar-refractivity contribution in [1.82, 2.24) is 10.9 Å². The van der Waals surface area contributed by atoms with Crippen molar-refractivity contribution >= 4 is 29.1 Å². The quantitative estimate of drug-likeness (QED) is 0.662. The normalized spacial score (nSPS) is 10.9. The van der Waals surface area contributed by atoms with Gasteiger partial charge in [0.1, 0.15) is 5.75 Å². The number of carbonyl (C=O) groups is 2. The highest BCUT2D eigenvalue weighted by Crippen LogP contribution is 2.21. The number of hydrogen-bond donors (Lipinski definition) is 3. The van der Waals surface area contributed by atoms with E-state index in [1.165, 1.54) is 0 Å². The van der Waals surface area contributed by atoms with Gasteiger partial charge in [-0.2, -0.15) is 0 Å². The molecule has 27 heavy (non-hydrogen) atoms. The van der Waals surface area contributed by atoms with Gasteiger partial charge in [-0.05, 0) is 63.6 Å². The van der Waals surface area contributed by atoms with Crippen LogP contribution in [0.25, 0.3) is 0 Å². The van der Waals surface area contributed by atoms with Crippen LogP contribution in [0.5, 0.6) is 5.75 Å². The minimum atomic E-state index is -1.18. The molecule has 2 amide bonds. The third-order valence-electron chi connectivity index (χ3n) is 3.87. The number of anilines is 1. The SMILES string of the molecule is Cc1ccc(NCC(=O)NNC(=O)C(C)(C)Oc2ccc(Cl)cc2)c(C)c1. The molecule has 0 radical (unpaired) electrons. The van der Waals surface area contributed by atoms with Crippen LogP contribution in [0.4, 0.5) is 5.69 Å². The summed E-state index contributed by atoms with van der Waals surface area (Å²) in [6.07, 6.45) is 0. The Labute approximate surface area is 164 Å². The maximum Gasteiger partial charge on any atom is 0.281 e. The van der Waals surface area contributed by atoms with Crippen molar-refractivity contribution < 1.29 is 14.3 Å². The smallest absolute Gasteiger partial charge is 0.281 e. The largest absolute Gasteiger partial charge is 0.478 e. The summed E-state index contributed by atoms with van der Waals surface area (Å²) in [6, 6.07) is 12.6. The van der Waals surface area contributed by atoms with Crippen LogP contribution in [0.2, 0.25) is 5.02 Å². The van der Waals surface area contributed by atoms with Crippen LogP contribution < -0.4 is 20.9 Å². The standard InChI is InChI=1S/C20H24ClN3O3/c1-13-5-10-17(14(2)11-13)22-12-18(25)23-24-19(26)20(3,4)27-16-8-6-15(21)7-9-16/h5-11,22H,12H2,1-4H3,(H,23,25)(H,24,26). The van der Waals surface area contributed by atoms with Crippen LogP contribution in [0.15, 0.2) is 42.5 Å². The molecule has 3 N–H and O–H groups in total. The Morgan fingerprint density at radius 1 is 1.04 bits per heavy atom. The lowest BCUT2D eigenvalue weighted by molar-refractivity contribution is -0.137. The van der Waals surface area contributed by atoms with Crippen molar-refractivity contribution in [3.63, 3.8) is 0 Å². The van der Waals surface area contributed by atoms with Crippen LogP contribution in [0.3, 0.4) is 0 Å². The molecule has 0 aliphatic carbocycles. The number of aryl methyl sites for hydroxylation is 2. The number of hydrazine groups is 1. The molecule has 0 spiro atoms. The lowest BCUT2D eigenvalue weighted by Gasteiger charge is -2.25. The Bertz CT molecular complexity index is 820. The summed E-state index contributed by atoms with van der Waals surface area (Å²) in [6.45, 7) is 7.22. The third kappa shape index (κ3) is 6.18. The Balaban J connectivity index is 1.82. The summed E-state index contributed by atoms with van der Waals surface area (Å²) >= 11 is 5.83. The number of rotatable bonds is 6. The molecule has 0 aliphatic rings. The molecule has 0 saturated carbocycles. The van der Waals surface area contributed by atoms with E-state index in [9.17, 15) is 9.59 Å². The van der Waals surface area contributed by atoms with Gasteiger partial charge in [0.15, 0.2) is 5.60 Å². The minimum absolute atomic E-state index is 0.0304. The number of hydrogen-bond acceptors (Lipinski definition) is 4. The molecule has 0 heterocycles. The maximum atomic E-state index is 12.3. The van der Waals surface area contributed by atoms with Crippen molar-refractivity contribution in [2.45, 2.75) is 33.3 Å². The monoisotopic (exact) mass is 389 g/mol. The van der Waals surface area contributed by atoms with E-state index in [1.54, 1.807) is 38.1 Å². The fourth-order valence-electron chi connectivity index (χ4n) is 2.35. The van der Waals surface area contributed by atoms with Crippen LogP contribution in [0, 0.1) is 13.8 Å². The second kappa shape index (κ2) is 8.77. The fraction of sp³-hybridized carbons (Fsp3) is 0.300. The van der Waals surface area contributed by atoms with E-state index >= 15 is 0 Å². The summed E-state index contributed by atoms with van der Waals surface area (Å²) in [5.41, 5.74) is 6.65. The Hall–Kier alpha value is -2.73. The topological polar surface area (TPSA) is 79.5 Å². The van der Waals surface area contributed by atoms with Gasteiger partial charge < -0.3 is 10.1 Å². The zero-order chi connectivity index (χ0) is 20.0. The molecule has 7 heteroatoms. The number of amides is 2. The zero-order valence-corrected chi connectivity index (χ0v) is 16.6. The van der Waals surface area contributed by atoms with Crippen molar-refractivity contribution in [3.8, 4) is 5.75 Å². The van der Waals surface area contributed by atoms with Gasteiger partial charge in [0.05, 0.1) is 6.54 Å². The molecular formula is C20H24ClN3O3. The highest BCUT2D eigenvalue weighted by Gasteiger charge is 2.30. The molecule has 144 valence electrons. The molecule has 2 aromatic rings. The van der Waals surface area contributed by atoms with Crippen LogP contribution >= 0.6 is 11.6 Å². The van der Waals surface area contributed by atoms with Gasteiger partial charge in [0, 0.05) is 10.7 Å². The summed E-state index contributed by atoms with van der Waals surface area (Å²) in [5, 5.41) is 3.62. The molecule has 0 aliphatic heterocycles. The molecule has 2 aromatic carbocycles. The van der Waals surface area contributed by atoms with Crippen molar-refractivity contribution in [2.75, 3.05) is 11.9 Å². The first-order valence-corrected chi connectivity index (χ1v) is 8.90. The van der Waals surface area contributed by atoms with Gasteiger partial charge in [-0.25, -0.2) is 0 Å². The van der Waals surface area contributed by atoms with Crippen LogP contribution in [-0.2, 0) is 9.59 Å². The van der Waals surface area contributed by atoms with E-state index in [1.807, 2.05) is 32.0 Å². The molecule has 6 nitrogen and oxygen atoms in total. The van der Waals surface area contributed by atoms with Crippen LogP contribution in [-0.4, -0.2) is 24.0 Å². The van der Waals surface area contributed by atoms with Crippen LogP contribution in [0.1, 0.15) is 25.0 Å². The predicted octanol–water partition coefficient (Wildman–Crippen LogP) is 3.37. The lowest BCUT2D eigenvalue weighted by atomic mass is 10.1. The van der Waals surface area contributed by atoms with E-state index < -0.39 is 11.5 Å². The fourth-order valence-corrected chi connectivity index (χ4v) is 2.48. The maximum absolute atomic E-state index is 12.3. The molecule has 2 rings (SSSR count). The van der Waals surface area contributed by atoms with Crippen molar-refractivity contribution in [3.05, 3.63) is 58.6 Å². The first-order chi connectivity index (χ1) is 12.7. The average molecular weight is 390 g/mol. The van der Waals surface area contributed by atoms with Gasteiger partial charge in [-0.3, -0.25) is 20.4 Å². The Kier molecular flexibility index (Phi) is 6.69. The van der Waals surface area contributed by atoms with E-state index in [4.69, 9.17) is 16.3 Å². The van der Waals surface area contributed by atoms with Gasteiger partial charge >= 0.3 is 0 Å². The molecule has 0 atom stereocenters. The van der Waals surface area contributed by atoms with Crippen molar-refractivity contribution in [1.29, 1.82) is 0 Å². The lowest BCUT2D eigenvalue weighted by Crippen LogP contribution is -2.53. The minimum Gasteiger partial charge on any atom is -0.478 e. The molecule has 0 unspecified atom stereocenters. The number of halogens is 1. The number of carbonyl (C=O) groups excluding carboxylic acids is 2. The third-order valence-corrected chi connectivity index (χ3v) is 4.12. The van der Waals surface area contributed by atoms with E-state index in [-0.39, 0.29) is 12.5 Å². The summed E-state index contributed by atoms with van der Waals surface area (Å²) in [5.74, 6) is -0.342. The highest BCUT2D eigenvalue weighted by atomic mass is 35.5. The number of nitrogens with one attached hydrogen (secondary N) is 3. The zero-order valence-electron chi connectivity index (χ0n) is 15.9. The molecule has 0 fully saturated rings. The predicted molar refractivity (Wildman–Crippen MR) is 107 cm³/mol. The summed E-state index contributed by atoms with van der Waals surface area (Å²) in [7, 11) is 0. The van der Waals surface area contributed by atoms with E-state index in [0.717, 1.165) is 16.8 Å². The second-order valence-electron chi connectivity index (χ2n) is 6.74. The molecular weight excluding hydrogens is 366 g/mol. The summed E-state index contributed by atoms with van der Waals surface area (Å²) < 4.78 is 5.67. The molecule has 0 aromatic heterocycles. The van der Waals surface area contributed by atoms with Crippen molar-refractivity contribution in [2.24, 2.45) is 0 Å². The van der Waals surface area contributed by atoms with E-state index in [2.05, 4.69) is 16.2 Å². The van der Waals surface area contributed by atoms with Gasteiger partial charge in [0.25, 0.3) is 11.8 Å². The molecule has 0 saturated heterocycles. The van der Waals surface area contributed by atoms with Gasteiger partial charge in [-0.15, -0.1) is 0 Å². The Morgan fingerprint density at radius 3 is 2.33 bits per heavy atom. The first-order valence-electron chi connectivity index (χ1n) is 8.52. The van der Waals surface area contributed by atoms with Gasteiger partial charge in [-0.1, -0.05) is 29.3 Å². The van der Waals surface area contributed by atoms with Gasteiger partial charge in [0.2, 0.25) is 0 Å². The Morgan fingerprint density at radius 2 is 1.70 bits per heavy atom. The molecule has 0 bridgehead atoms. The second-order valence-corrected chi connectivity index (χ2v) is 7.18. The van der Waals surface area contributed by atoms with E-state index in [0.29, 0.717) is 10.8 Å². The average Bonchev–Trinajstić information content (AvgIpc) is 2.60. The first kappa shape index (κ1) is 20.6. The highest BCUT2D eigenvalue weighted by molar-refractivity contribution is 6.30. The summed E-state index contributed by atoms with van der Waals surface area (Å²) in [4.78, 5) is 24.3. The number of benzene rings is 2. The number of ether oxygens (including phenoxy) is 1.